The van der Waals surface area contributed by atoms with Crippen molar-refractivity contribution >= 4 is 21.8 Å². The quantitative estimate of drug-likeness (QED) is 0.645. The van der Waals surface area contributed by atoms with Crippen LogP contribution < -0.4 is 14.3 Å². The average molecular weight is 427 g/mol. The van der Waals surface area contributed by atoms with Crippen LogP contribution in [0.3, 0.4) is 0 Å². The topological polar surface area (TPSA) is 102 Å². The van der Waals surface area contributed by atoms with E-state index in [1.807, 2.05) is 4.72 Å². The van der Waals surface area contributed by atoms with E-state index in [4.69, 9.17) is 0 Å². The van der Waals surface area contributed by atoms with E-state index in [2.05, 4.69) is 10.2 Å². The molecule has 2 fully saturated rings. The Morgan fingerprint density at radius 2 is 2.14 bits per heavy atom. The summed E-state index contributed by atoms with van der Waals surface area (Å²) in [5.74, 6) is -1.27. The number of phenolic OH excluding ortho intramolecular Hbond substituents is 1. The normalized spacial score (nSPS) is 24.4. The number of hydrogen-bond donors (Lipinski definition) is 3. The minimum absolute atomic E-state index is 0.368. The number of carbonyl (C=O) groups is 1. The Kier molecular flexibility index (Phi) is 5.67. The zero-order chi connectivity index (χ0) is 20.6. The molecule has 0 aliphatic carbocycles. The van der Waals surface area contributed by atoms with E-state index < -0.39 is 39.9 Å². The molecular weight excluding hydrogens is 399 g/mol. The fourth-order valence-electron chi connectivity index (χ4n) is 4.54. The first-order chi connectivity index (χ1) is 13.8. The molecule has 1 aromatic carbocycles. The highest BCUT2D eigenvalue weighted by atomic mass is 32.2. The van der Waals surface area contributed by atoms with E-state index >= 15 is 4.39 Å². The Morgan fingerprint density at radius 3 is 2.83 bits per heavy atom. The van der Waals surface area contributed by atoms with Gasteiger partial charge in [-0.1, -0.05) is 0 Å². The van der Waals surface area contributed by atoms with Gasteiger partial charge < -0.3 is 10.4 Å². The van der Waals surface area contributed by atoms with Crippen LogP contribution in [0.15, 0.2) is 6.07 Å². The van der Waals surface area contributed by atoms with Gasteiger partial charge >= 0.3 is 10.2 Å². The van der Waals surface area contributed by atoms with Gasteiger partial charge in [-0.2, -0.15) is 8.42 Å². The van der Waals surface area contributed by atoms with Crippen LogP contribution in [0.25, 0.3) is 0 Å². The average Bonchev–Trinajstić information content (AvgIpc) is 2.95. The molecule has 0 radical (unpaired) electrons. The summed E-state index contributed by atoms with van der Waals surface area (Å²) >= 11 is 0. The fourth-order valence-corrected chi connectivity index (χ4v) is 5.70. The predicted octanol–water partition coefficient (Wildman–Crippen LogP) is 0.850. The van der Waals surface area contributed by atoms with Crippen LogP contribution in [0.1, 0.15) is 36.8 Å². The number of benzene rings is 1. The van der Waals surface area contributed by atoms with Gasteiger partial charge in [-0.15, -0.1) is 0 Å². The summed E-state index contributed by atoms with van der Waals surface area (Å²) in [4.78, 5) is 13.7. The first-order valence-corrected chi connectivity index (χ1v) is 11.6. The second-order valence-corrected chi connectivity index (χ2v) is 9.71. The molecule has 1 atom stereocenters. The largest absolute Gasteiger partial charge is 0.506 e. The lowest BCUT2D eigenvalue weighted by molar-refractivity contribution is -0.117. The maximum atomic E-state index is 15.3. The first kappa shape index (κ1) is 20.4. The number of nitrogens with zero attached hydrogens (tertiary/aromatic N) is 2. The van der Waals surface area contributed by atoms with Crippen molar-refractivity contribution in [3.63, 3.8) is 0 Å². The van der Waals surface area contributed by atoms with E-state index in [1.54, 1.807) is 0 Å². The maximum Gasteiger partial charge on any atom is 0.326 e. The lowest BCUT2D eigenvalue weighted by Gasteiger charge is -2.31. The molecule has 2 saturated heterocycles. The zero-order valence-corrected chi connectivity index (χ0v) is 17.1. The Morgan fingerprint density at radius 1 is 1.31 bits per heavy atom. The Hall–Kier alpha value is -1.91. The predicted molar refractivity (Wildman–Crippen MR) is 106 cm³/mol. The van der Waals surface area contributed by atoms with Gasteiger partial charge in [0.05, 0.1) is 0 Å². The van der Waals surface area contributed by atoms with Gasteiger partial charge in [0.15, 0.2) is 5.82 Å². The Balaban J connectivity index is 1.48. The molecule has 3 N–H and O–H groups in total. The summed E-state index contributed by atoms with van der Waals surface area (Å²) < 4.78 is 41.9. The Bertz CT molecular complexity index is 902. The number of hydrogen-bond acceptors (Lipinski definition) is 6. The molecule has 3 aliphatic rings. The van der Waals surface area contributed by atoms with E-state index in [9.17, 15) is 18.3 Å². The molecule has 0 bridgehead atoms. The van der Waals surface area contributed by atoms with Gasteiger partial charge in [0.1, 0.15) is 18.0 Å². The summed E-state index contributed by atoms with van der Waals surface area (Å²) in [5.41, 5.74) is 0.641. The molecule has 4 rings (SSSR count). The summed E-state index contributed by atoms with van der Waals surface area (Å²) in [5, 5.41) is 13.7. The third-order valence-corrected chi connectivity index (χ3v) is 7.43. The molecule has 160 valence electrons. The maximum absolute atomic E-state index is 15.3. The molecule has 1 amide bonds. The van der Waals surface area contributed by atoms with Crippen molar-refractivity contribution in [1.29, 1.82) is 0 Å². The molecule has 10 heteroatoms. The van der Waals surface area contributed by atoms with Crippen LogP contribution in [0.2, 0.25) is 0 Å². The minimum atomic E-state index is -4.19. The van der Waals surface area contributed by atoms with Gasteiger partial charge in [-0.25, -0.2) is 13.4 Å². The van der Waals surface area contributed by atoms with Gasteiger partial charge in [-0.05, 0) is 69.3 Å². The van der Waals surface area contributed by atoms with E-state index in [0.717, 1.165) is 39.0 Å². The molecule has 3 heterocycles. The minimum Gasteiger partial charge on any atom is -0.506 e. The lowest BCUT2D eigenvalue weighted by Crippen LogP contribution is -2.35. The number of phenols is 1. The molecule has 3 aliphatic heterocycles. The second-order valence-electron chi connectivity index (χ2n) is 8.11. The van der Waals surface area contributed by atoms with Crippen molar-refractivity contribution in [2.75, 3.05) is 37.0 Å². The third kappa shape index (κ3) is 4.19. The van der Waals surface area contributed by atoms with Crippen LogP contribution in [0, 0.1) is 11.7 Å². The molecule has 1 aromatic rings. The third-order valence-electron chi connectivity index (χ3n) is 6.05. The number of rotatable bonds is 5. The molecule has 29 heavy (non-hydrogen) atoms. The van der Waals surface area contributed by atoms with Crippen molar-refractivity contribution < 1.29 is 22.7 Å². The number of piperidine rings is 1. The van der Waals surface area contributed by atoms with Crippen molar-refractivity contribution in [2.24, 2.45) is 5.92 Å². The standard InChI is InChI=1S/C19H27FN4O4S/c20-18-15-11-23(7-2-4-13-3-1-6-21-10-13)8-5-14(15)9-16(25)19(18)24-12-17(26)22-29(24,27)28/h9,13,21,25H,1-8,10-12H2,(H,22,26). The molecule has 0 aromatic heterocycles. The molecule has 8 nitrogen and oxygen atoms in total. The van der Waals surface area contributed by atoms with Crippen LogP contribution >= 0.6 is 0 Å². The summed E-state index contributed by atoms with van der Waals surface area (Å²) in [6, 6.07) is 1.43. The van der Waals surface area contributed by atoms with Gasteiger partial charge in [-0.3, -0.25) is 9.69 Å². The van der Waals surface area contributed by atoms with Crippen molar-refractivity contribution in [1.82, 2.24) is 14.9 Å². The van der Waals surface area contributed by atoms with Crippen LogP contribution in [0.4, 0.5) is 10.1 Å². The first-order valence-electron chi connectivity index (χ1n) is 10.1. The SMILES string of the molecule is O=C1CN(c2c(O)cc3c(c2F)CN(CCCC2CCCNC2)CC3)S(=O)(=O)N1. The monoisotopic (exact) mass is 426 g/mol. The highest BCUT2D eigenvalue weighted by Gasteiger charge is 2.39. The number of carbonyl (C=O) groups excluding carboxylic acids is 1. The molecule has 0 saturated carbocycles. The highest BCUT2D eigenvalue weighted by Crippen LogP contribution is 2.39. The molecule has 1 unspecified atom stereocenters. The highest BCUT2D eigenvalue weighted by molar-refractivity contribution is 7.92. The molecule has 0 spiro atoms. The van der Waals surface area contributed by atoms with E-state index in [0.29, 0.717) is 34.3 Å². The summed E-state index contributed by atoms with van der Waals surface area (Å²) in [6.45, 7) is 3.63. The van der Waals surface area contributed by atoms with E-state index in [1.165, 1.54) is 18.9 Å². The molecular formula is C19H27FN4O4S. The smallest absolute Gasteiger partial charge is 0.326 e. The lowest BCUT2D eigenvalue weighted by atomic mass is 9.94. The van der Waals surface area contributed by atoms with Crippen molar-refractivity contribution in [2.45, 2.75) is 38.6 Å². The van der Waals surface area contributed by atoms with Crippen LogP contribution in [0.5, 0.6) is 5.75 Å². The summed E-state index contributed by atoms with van der Waals surface area (Å²) in [7, 11) is -4.19. The fraction of sp³-hybridized carbons (Fsp3) is 0.632. The second kappa shape index (κ2) is 8.08. The van der Waals surface area contributed by atoms with Crippen LogP contribution in [-0.2, 0) is 28.0 Å². The van der Waals surface area contributed by atoms with Crippen LogP contribution in [-0.4, -0.2) is 57.1 Å². The summed E-state index contributed by atoms with van der Waals surface area (Å²) in [6.07, 6.45) is 5.24. The Labute approximate surface area is 170 Å². The number of nitrogens with one attached hydrogen (secondary N) is 2. The van der Waals surface area contributed by atoms with Gasteiger partial charge in [0.25, 0.3) is 5.91 Å². The number of amides is 1. The van der Waals surface area contributed by atoms with Crippen molar-refractivity contribution in [3.05, 3.63) is 23.0 Å². The number of anilines is 1. The van der Waals surface area contributed by atoms with Gasteiger partial charge in [0.2, 0.25) is 0 Å². The number of halogens is 1. The van der Waals surface area contributed by atoms with Gasteiger partial charge in [0, 0.05) is 18.7 Å². The number of aromatic hydroxyl groups is 1. The van der Waals surface area contributed by atoms with E-state index in [-0.39, 0.29) is 0 Å². The van der Waals surface area contributed by atoms with Crippen molar-refractivity contribution in [3.8, 4) is 5.75 Å². The zero-order valence-electron chi connectivity index (χ0n) is 16.3. The number of fused-ring (bicyclic) bond motifs is 1.